The van der Waals surface area contributed by atoms with Gasteiger partial charge in [0.2, 0.25) is 10.0 Å². The van der Waals surface area contributed by atoms with Crippen LogP contribution in [0.1, 0.15) is 11.1 Å². The summed E-state index contributed by atoms with van der Waals surface area (Å²) in [5.41, 5.74) is 1.41. The van der Waals surface area contributed by atoms with E-state index < -0.39 is 10.0 Å². The van der Waals surface area contributed by atoms with Crippen LogP contribution < -0.4 is 5.14 Å². The standard InChI is InChI=1S/C14H10ClNO2S/c15-14-4-2-1-3-12(14)8-5-11-6-9-13(10-7-11)19(16,17)18/h1-4,6-7,9-10H,(H2,16,17,18). The molecule has 0 atom stereocenters. The molecule has 3 nitrogen and oxygen atoms in total. The molecule has 0 aliphatic rings. The molecular weight excluding hydrogens is 282 g/mol. The lowest BCUT2D eigenvalue weighted by Crippen LogP contribution is -2.11. The fraction of sp³-hybridized carbons (Fsp3) is 0. The van der Waals surface area contributed by atoms with Crippen LogP contribution in [0.25, 0.3) is 0 Å². The van der Waals surface area contributed by atoms with Gasteiger partial charge < -0.3 is 0 Å². The lowest BCUT2D eigenvalue weighted by atomic mass is 10.2. The Morgan fingerprint density at radius 3 is 2.16 bits per heavy atom. The highest BCUT2D eigenvalue weighted by Crippen LogP contribution is 2.13. The van der Waals surface area contributed by atoms with E-state index in [1.807, 2.05) is 18.2 Å². The molecule has 0 unspecified atom stereocenters. The molecule has 0 saturated carbocycles. The van der Waals surface area contributed by atoms with Gasteiger partial charge in [0.25, 0.3) is 0 Å². The van der Waals surface area contributed by atoms with Crippen LogP contribution in [0.15, 0.2) is 53.4 Å². The molecule has 2 rings (SSSR count). The Bertz CT molecular complexity index is 756. The van der Waals surface area contributed by atoms with Crippen molar-refractivity contribution in [1.82, 2.24) is 0 Å². The number of sulfonamides is 1. The molecule has 0 fully saturated rings. The van der Waals surface area contributed by atoms with Gasteiger partial charge in [0.15, 0.2) is 0 Å². The Labute approximate surface area is 117 Å². The average molecular weight is 292 g/mol. The summed E-state index contributed by atoms with van der Waals surface area (Å²) in [7, 11) is -3.66. The number of hydrogen-bond acceptors (Lipinski definition) is 2. The summed E-state index contributed by atoms with van der Waals surface area (Å²) in [4.78, 5) is 0.0655. The number of primary sulfonamides is 1. The molecule has 96 valence electrons. The minimum Gasteiger partial charge on any atom is -0.225 e. The first-order valence-corrected chi connectivity index (χ1v) is 7.29. The third-order valence-corrected chi connectivity index (χ3v) is 3.66. The zero-order chi connectivity index (χ0) is 13.9. The Balaban J connectivity index is 2.29. The summed E-state index contributed by atoms with van der Waals surface area (Å²) in [6.07, 6.45) is 0. The van der Waals surface area contributed by atoms with Crippen molar-refractivity contribution in [2.45, 2.75) is 4.90 Å². The third kappa shape index (κ3) is 3.58. The molecule has 0 radical (unpaired) electrons. The maximum Gasteiger partial charge on any atom is 0.238 e. The number of halogens is 1. The van der Waals surface area contributed by atoms with Gasteiger partial charge in [-0.05, 0) is 36.4 Å². The molecule has 0 bridgehead atoms. The first kappa shape index (κ1) is 13.6. The Kier molecular flexibility index (Phi) is 3.91. The second-order valence-electron chi connectivity index (χ2n) is 3.80. The first-order valence-electron chi connectivity index (χ1n) is 5.36. The van der Waals surface area contributed by atoms with Gasteiger partial charge in [-0.1, -0.05) is 35.6 Å². The van der Waals surface area contributed by atoms with E-state index in [-0.39, 0.29) is 4.90 Å². The van der Waals surface area contributed by atoms with Crippen LogP contribution in [0.4, 0.5) is 0 Å². The van der Waals surface area contributed by atoms with E-state index in [4.69, 9.17) is 16.7 Å². The van der Waals surface area contributed by atoms with E-state index in [9.17, 15) is 8.42 Å². The van der Waals surface area contributed by atoms with Gasteiger partial charge in [-0.15, -0.1) is 0 Å². The summed E-state index contributed by atoms with van der Waals surface area (Å²) >= 11 is 5.98. The first-order chi connectivity index (χ1) is 8.97. The van der Waals surface area contributed by atoms with E-state index in [0.717, 1.165) is 5.56 Å². The molecule has 0 spiro atoms. The van der Waals surface area contributed by atoms with E-state index in [2.05, 4.69) is 11.8 Å². The van der Waals surface area contributed by atoms with Crippen LogP contribution in [0.3, 0.4) is 0 Å². The van der Waals surface area contributed by atoms with Crippen LogP contribution in [0, 0.1) is 11.8 Å². The zero-order valence-electron chi connectivity index (χ0n) is 9.80. The second kappa shape index (κ2) is 5.45. The molecule has 0 aromatic heterocycles. The fourth-order valence-electron chi connectivity index (χ4n) is 1.43. The summed E-state index contributed by atoms with van der Waals surface area (Å²) in [6.45, 7) is 0. The maximum atomic E-state index is 11.1. The van der Waals surface area contributed by atoms with Crippen molar-refractivity contribution in [2.24, 2.45) is 5.14 Å². The summed E-state index contributed by atoms with van der Waals surface area (Å²) in [6, 6.07) is 13.3. The molecule has 0 saturated heterocycles. The predicted molar refractivity (Wildman–Crippen MR) is 75.2 cm³/mol. The minimum absolute atomic E-state index is 0.0655. The van der Waals surface area contributed by atoms with Gasteiger partial charge in [-0.25, -0.2) is 13.6 Å². The summed E-state index contributed by atoms with van der Waals surface area (Å²) in [5.74, 6) is 5.84. The van der Waals surface area contributed by atoms with Crippen molar-refractivity contribution >= 4 is 21.6 Å². The van der Waals surface area contributed by atoms with E-state index in [1.165, 1.54) is 12.1 Å². The van der Waals surface area contributed by atoms with Crippen molar-refractivity contribution in [1.29, 1.82) is 0 Å². The molecule has 2 aromatic carbocycles. The van der Waals surface area contributed by atoms with Crippen LogP contribution in [-0.4, -0.2) is 8.42 Å². The topological polar surface area (TPSA) is 60.2 Å². The van der Waals surface area contributed by atoms with Gasteiger partial charge in [-0.3, -0.25) is 0 Å². The molecular formula is C14H10ClNO2S. The maximum absolute atomic E-state index is 11.1. The number of nitrogens with two attached hydrogens (primary N) is 1. The van der Waals surface area contributed by atoms with Gasteiger partial charge in [0.1, 0.15) is 0 Å². The van der Waals surface area contributed by atoms with Crippen molar-refractivity contribution < 1.29 is 8.42 Å². The van der Waals surface area contributed by atoms with Crippen molar-refractivity contribution in [3.8, 4) is 11.8 Å². The molecule has 2 aromatic rings. The quantitative estimate of drug-likeness (QED) is 0.820. The van der Waals surface area contributed by atoms with Gasteiger partial charge in [-0.2, -0.15) is 0 Å². The Hall–Kier alpha value is -1.80. The highest BCUT2D eigenvalue weighted by molar-refractivity contribution is 7.89. The van der Waals surface area contributed by atoms with Crippen molar-refractivity contribution in [2.75, 3.05) is 0 Å². The van der Waals surface area contributed by atoms with Crippen molar-refractivity contribution in [3.63, 3.8) is 0 Å². The molecule has 0 amide bonds. The molecule has 5 heteroatoms. The van der Waals surface area contributed by atoms with Gasteiger partial charge >= 0.3 is 0 Å². The SMILES string of the molecule is NS(=O)(=O)c1ccc(C#Cc2ccccc2Cl)cc1. The molecule has 0 heterocycles. The Morgan fingerprint density at radius 1 is 0.947 bits per heavy atom. The van der Waals surface area contributed by atoms with Gasteiger partial charge in [0.05, 0.1) is 9.92 Å². The third-order valence-electron chi connectivity index (χ3n) is 2.40. The second-order valence-corrected chi connectivity index (χ2v) is 5.77. The van der Waals surface area contributed by atoms with Crippen molar-refractivity contribution in [3.05, 3.63) is 64.7 Å². The smallest absolute Gasteiger partial charge is 0.225 e. The molecule has 0 aliphatic heterocycles. The van der Waals surface area contributed by atoms with E-state index >= 15 is 0 Å². The molecule has 2 N–H and O–H groups in total. The zero-order valence-corrected chi connectivity index (χ0v) is 11.4. The van der Waals surface area contributed by atoms with E-state index in [0.29, 0.717) is 10.6 Å². The normalized spacial score (nSPS) is 10.6. The monoisotopic (exact) mass is 291 g/mol. The van der Waals surface area contributed by atoms with E-state index in [1.54, 1.807) is 18.2 Å². The van der Waals surface area contributed by atoms with Gasteiger partial charge in [0, 0.05) is 11.1 Å². The number of rotatable bonds is 1. The lowest BCUT2D eigenvalue weighted by molar-refractivity contribution is 0.598. The lowest BCUT2D eigenvalue weighted by Gasteiger charge is -1.97. The number of benzene rings is 2. The minimum atomic E-state index is -3.66. The Morgan fingerprint density at radius 2 is 1.58 bits per heavy atom. The summed E-state index contributed by atoms with van der Waals surface area (Å²) in [5, 5.41) is 5.59. The van der Waals surface area contributed by atoms with Crippen LogP contribution in [0.2, 0.25) is 5.02 Å². The average Bonchev–Trinajstić information content (AvgIpc) is 2.37. The molecule has 19 heavy (non-hydrogen) atoms. The fourth-order valence-corrected chi connectivity index (χ4v) is 2.13. The molecule has 0 aliphatic carbocycles. The van der Waals surface area contributed by atoms with Crippen LogP contribution in [-0.2, 0) is 10.0 Å². The highest BCUT2D eigenvalue weighted by Gasteiger charge is 2.05. The summed E-state index contributed by atoms with van der Waals surface area (Å²) < 4.78 is 22.2. The highest BCUT2D eigenvalue weighted by atomic mass is 35.5. The van der Waals surface area contributed by atoms with Crippen LogP contribution in [0.5, 0.6) is 0 Å². The predicted octanol–water partition coefficient (Wildman–Crippen LogP) is 2.39. The largest absolute Gasteiger partial charge is 0.238 e. The van der Waals surface area contributed by atoms with Crippen LogP contribution >= 0.6 is 11.6 Å². The number of hydrogen-bond donors (Lipinski definition) is 1.